The lowest BCUT2D eigenvalue weighted by atomic mass is 10.2. The van der Waals surface area contributed by atoms with Gasteiger partial charge in [-0.15, -0.1) is 0 Å². The van der Waals surface area contributed by atoms with Gasteiger partial charge in [-0.05, 0) is 26.8 Å². The molecule has 0 heterocycles. The second-order valence-electron chi connectivity index (χ2n) is 3.35. The van der Waals surface area contributed by atoms with Crippen molar-refractivity contribution in [3.8, 4) is 0 Å². The highest BCUT2D eigenvalue weighted by Gasteiger charge is 2.09. The van der Waals surface area contributed by atoms with E-state index in [0.29, 0.717) is 19.5 Å². The quantitative estimate of drug-likeness (QED) is 0.507. The summed E-state index contributed by atoms with van der Waals surface area (Å²) in [6.45, 7) is 5.01. The summed E-state index contributed by atoms with van der Waals surface area (Å²) in [4.78, 5) is 22.1. The second-order valence-corrected chi connectivity index (χ2v) is 3.35. The van der Waals surface area contributed by atoms with Gasteiger partial charge in [0.05, 0.1) is 6.04 Å². The fourth-order valence-corrected chi connectivity index (χ4v) is 1.11. The first kappa shape index (κ1) is 13.9. The summed E-state index contributed by atoms with van der Waals surface area (Å²) in [5.41, 5.74) is 0. The molecule has 0 aliphatic rings. The van der Waals surface area contributed by atoms with Crippen LogP contribution in [0.4, 0.5) is 0 Å². The number of amides is 2. The van der Waals surface area contributed by atoms with Gasteiger partial charge in [0.2, 0.25) is 11.8 Å². The molecular formula is C10H21N3O2. The first-order valence-corrected chi connectivity index (χ1v) is 5.33. The maximum atomic E-state index is 11.3. The van der Waals surface area contributed by atoms with E-state index in [4.69, 9.17) is 0 Å². The third-order valence-electron chi connectivity index (χ3n) is 2.05. The molecular weight excluding hydrogens is 194 g/mol. The highest BCUT2D eigenvalue weighted by Crippen LogP contribution is 1.88. The van der Waals surface area contributed by atoms with E-state index in [0.717, 1.165) is 6.42 Å². The third kappa shape index (κ3) is 6.90. The van der Waals surface area contributed by atoms with E-state index in [-0.39, 0.29) is 17.9 Å². The number of nitrogens with one attached hydrogen (secondary N) is 3. The number of carbonyl (C=O) groups is 2. The van der Waals surface area contributed by atoms with Crippen molar-refractivity contribution in [3.05, 3.63) is 0 Å². The molecule has 0 spiro atoms. The van der Waals surface area contributed by atoms with Crippen LogP contribution in [0.1, 0.15) is 26.7 Å². The lowest BCUT2D eigenvalue weighted by molar-refractivity contribution is -0.122. The van der Waals surface area contributed by atoms with Gasteiger partial charge in [0.1, 0.15) is 0 Å². The van der Waals surface area contributed by atoms with Gasteiger partial charge in [-0.1, -0.05) is 0 Å². The Hall–Kier alpha value is -1.10. The van der Waals surface area contributed by atoms with E-state index in [1.807, 2.05) is 13.8 Å². The van der Waals surface area contributed by atoms with E-state index in [2.05, 4.69) is 16.0 Å². The predicted octanol–water partition coefficient (Wildman–Crippen LogP) is -0.373. The van der Waals surface area contributed by atoms with Crippen LogP contribution < -0.4 is 16.0 Å². The minimum absolute atomic E-state index is 0.00237. The van der Waals surface area contributed by atoms with Crippen LogP contribution in [0.15, 0.2) is 0 Å². The normalized spacial score (nSPS) is 11.9. The summed E-state index contributed by atoms with van der Waals surface area (Å²) >= 11 is 0. The lowest BCUT2D eigenvalue weighted by Gasteiger charge is -2.12. The van der Waals surface area contributed by atoms with Crippen molar-refractivity contribution in [3.63, 3.8) is 0 Å². The largest absolute Gasteiger partial charge is 0.359 e. The Balaban J connectivity index is 3.50. The van der Waals surface area contributed by atoms with E-state index in [9.17, 15) is 9.59 Å². The summed E-state index contributed by atoms with van der Waals surface area (Å²) < 4.78 is 0. The topological polar surface area (TPSA) is 70.2 Å². The van der Waals surface area contributed by atoms with Crippen molar-refractivity contribution in [2.24, 2.45) is 0 Å². The first-order chi connectivity index (χ1) is 7.11. The molecule has 2 amide bonds. The number of carbonyl (C=O) groups excluding carboxylic acids is 2. The molecule has 1 atom stereocenters. The Bertz CT molecular complexity index is 207. The standard InChI is InChI=1S/C10H21N3O2/c1-4-12-10(15)8(2)13-7-5-6-9(14)11-3/h8,13H,4-7H2,1-3H3,(H,11,14)(H,12,15). The van der Waals surface area contributed by atoms with E-state index < -0.39 is 0 Å². The fraction of sp³-hybridized carbons (Fsp3) is 0.800. The van der Waals surface area contributed by atoms with Crippen LogP contribution in [-0.2, 0) is 9.59 Å². The van der Waals surface area contributed by atoms with Crippen LogP contribution in [0, 0.1) is 0 Å². The van der Waals surface area contributed by atoms with Gasteiger partial charge in [0.15, 0.2) is 0 Å². The molecule has 15 heavy (non-hydrogen) atoms. The Morgan fingerprint density at radius 2 is 2.00 bits per heavy atom. The van der Waals surface area contributed by atoms with Crippen LogP contribution in [0.2, 0.25) is 0 Å². The Morgan fingerprint density at radius 1 is 1.33 bits per heavy atom. The van der Waals surface area contributed by atoms with E-state index in [1.165, 1.54) is 0 Å². The molecule has 0 bridgehead atoms. The summed E-state index contributed by atoms with van der Waals surface area (Å²) in [5, 5.41) is 8.33. The van der Waals surface area contributed by atoms with Gasteiger partial charge >= 0.3 is 0 Å². The average Bonchev–Trinajstić information content (AvgIpc) is 2.23. The van der Waals surface area contributed by atoms with Crippen LogP contribution in [0.3, 0.4) is 0 Å². The zero-order chi connectivity index (χ0) is 11.7. The first-order valence-electron chi connectivity index (χ1n) is 5.33. The molecule has 0 aliphatic carbocycles. The van der Waals surface area contributed by atoms with Crippen molar-refractivity contribution >= 4 is 11.8 Å². The van der Waals surface area contributed by atoms with Gasteiger partial charge < -0.3 is 16.0 Å². The molecule has 0 radical (unpaired) electrons. The van der Waals surface area contributed by atoms with Crippen LogP contribution in [-0.4, -0.2) is 38.0 Å². The minimum atomic E-state index is -0.199. The Labute approximate surface area is 91.0 Å². The molecule has 0 aliphatic heterocycles. The number of likely N-dealkylation sites (N-methyl/N-ethyl adjacent to an activating group) is 1. The highest BCUT2D eigenvalue weighted by molar-refractivity contribution is 5.81. The zero-order valence-electron chi connectivity index (χ0n) is 9.72. The molecule has 0 aromatic carbocycles. The Morgan fingerprint density at radius 3 is 2.53 bits per heavy atom. The third-order valence-corrected chi connectivity index (χ3v) is 2.05. The Kier molecular flexibility index (Phi) is 7.62. The van der Waals surface area contributed by atoms with Gasteiger partial charge in [-0.25, -0.2) is 0 Å². The number of rotatable bonds is 7. The maximum absolute atomic E-state index is 11.3. The molecule has 0 saturated heterocycles. The average molecular weight is 215 g/mol. The van der Waals surface area contributed by atoms with Crippen molar-refractivity contribution in [1.82, 2.24) is 16.0 Å². The number of hydrogen-bond donors (Lipinski definition) is 3. The second kappa shape index (κ2) is 8.23. The van der Waals surface area contributed by atoms with Gasteiger partial charge in [-0.2, -0.15) is 0 Å². The lowest BCUT2D eigenvalue weighted by Crippen LogP contribution is -2.42. The molecule has 5 nitrogen and oxygen atoms in total. The van der Waals surface area contributed by atoms with Crippen molar-refractivity contribution in [2.75, 3.05) is 20.1 Å². The molecule has 0 rings (SSSR count). The van der Waals surface area contributed by atoms with Crippen LogP contribution in [0.25, 0.3) is 0 Å². The SMILES string of the molecule is CCNC(=O)C(C)NCCCC(=O)NC. The van der Waals surface area contributed by atoms with E-state index in [1.54, 1.807) is 7.05 Å². The van der Waals surface area contributed by atoms with Gasteiger partial charge in [0, 0.05) is 20.0 Å². The summed E-state index contributed by atoms with van der Waals surface area (Å²) in [5.74, 6) is 0.0277. The predicted molar refractivity (Wildman–Crippen MR) is 59.4 cm³/mol. The van der Waals surface area contributed by atoms with Crippen LogP contribution in [0.5, 0.6) is 0 Å². The smallest absolute Gasteiger partial charge is 0.236 e. The summed E-state index contributed by atoms with van der Waals surface area (Å²) in [6.07, 6.45) is 1.23. The molecule has 88 valence electrons. The summed E-state index contributed by atoms with van der Waals surface area (Å²) in [6, 6.07) is -0.199. The molecule has 0 fully saturated rings. The summed E-state index contributed by atoms with van der Waals surface area (Å²) in [7, 11) is 1.62. The highest BCUT2D eigenvalue weighted by atomic mass is 16.2. The van der Waals surface area contributed by atoms with Crippen molar-refractivity contribution in [1.29, 1.82) is 0 Å². The maximum Gasteiger partial charge on any atom is 0.236 e. The monoisotopic (exact) mass is 215 g/mol. The molecule has 0 aromatic rings. The molecule has 0 aromatic heterocycles. The number of hydrogen-bond acceptors (Lipinski definition) is 3. The molecule has 1 unspecified atom stereocenters. The van der Waals surface area contributed by atoms with Crippen molar-refractivity contribution < 1.29 is 9.59 Å². The van der Waals surface area contributed by atoms with Crippen LogP contribution >= 0.6 is 0 Å². The molecule has 5 heteroatoms. The van der Waals surface area contributed by atoms with Crippen molar-refractivity contribution in [2.45, 2.75) is 32.7 Å². The zero-order valence-corrected chi connectivity index (χ0v) is 9.72. The van der Waals surface area contributed by atoms with Gasteiger partial charge in [0.25, 0.3) is 0 Å². The molecule has 3 N–H and O–H groups in total. The fourth-order valence-electron chi connectivity index (χ4n) is 1.11. The minimum Gasteiger partial charge on any atom is -0.359 e. The van der Waals surface area contributed by atoms with E-state index >= 15 is 0 Å². The van der Waals surface area contributed by atoms with Gasteiger partial charge in [-0.3, -0.25) is 9.59 Å². The molecule has 0 saturated carbocycles.